The molecule has 2 N–H and O–H groups in total. The largest absolute Gasteiger partial charge is 0.287 e. The summed E-state index contributed by atoms with van der Waals surface area (Å²) in [5.41, 5.74) is 2.26. The predicted octanol–water partition coefficient (Wildman–Crippen LogP) is 1.41. The van der Waals surface area contributed by atoms with E-state index in [4.69, 9.17) is 5.84 Å². The highest BCUT2D eigenvalue weighted by atomic mass is 32.2. The van der Waals surface area contributed by atoms with Gasteiger partial charge in [-0.25, -0.2) is 10.8 Å². The Labute approximate surface area is 108 Å². The van der Waals surface area contributed by atoms with Crippen molar-refractivity contribution in [2.24, 2.45) is 15.9 Å². The molecule has 18 heavy (non-hydrogen) atoms. The standard InChI is InChI=1S/C12H10N4OS/c1-6-14-11-10(15-16(6)13)8-4-3-7(18-2)5-9(8)12(11)17/h3-5H,1,13H2,2H3. The molecule has 0 bridgehead atoms. The first-order chi connectivity index (χ1) is 8.61. The highest BCUT2D eigenvalue weighted by Gasteiger charge is 2.36. The van der Waals surface area contributed by atoms with E-state index >= 15 is 0 Å². The number of hydrazone groups is 1. The zero-order valence-electron chi connectivity index (χ0n) is 9.67. The highest BCUT2D eigenvalue weighted by molar-refractivity contribution is 7.98. The summed E-state index contributed by atoms with van der Waals surface area (Å²) >= 11 is 1.59. The number of fused-ring (bicyclic) bond motifs is 3. The molecule has 0 saturated heterocycles. The fraction of sp³-hybridized carbons (Fsp3) is 0.0833. The number of carbonyl (C=O) groups excluding carboxylic acids is 1. The summed E-state index contributed by atoms with van der Waals surface area (Å²) in [5, 5.41) is 5.23. The molecule has 0 amide bonds. The van der Waals surface area contributed by atoms with Crippen LogP contribution >= 0.6 is 11.8 Å². The predicted molar refractivity (Wildman–Crippen MR) is 71.7 cm³/mol. The van der Waals surface area contributed by atoms with Gasteiger partial charge < -0.3 is 0 Å². The molecule has 1 aliphatic heterocycles. The minimum Gasteiger partial charge on any atom is -0.287 e. The van der Waals surface area contributed by atoms with Crippen molar-refractivity contribution in [3.05, 3.63) is 41.7 Å². The van der Waals surface area contributed by atoms with Crippen molar-refractivity contribution >= 4 is 29.0 Å². The van der Waals surface area contributed by atoms with Crippen LogP contribution in [0.4, 0.5) is 0 Å². The summed E-state index contributed by atoms with van der Waals surface area (Å²) in [5.74, 6) is 5.76. The number of hydrogen-bond donors (Lipinski definition) is 1. The van der Waals surface area contributed by atoms with Gasteiger partial charge in [-0.1, -0.05) is 12.6 Å². The van der Waals surface area contributed by atoms with Crippen LogP contribution in [0.25, 0.3) is 0 Å². The number of nitrogens with two attached hydrogens (primary N) is 1. The summed E-state index contributed by atoms with van der Waals surface area (Å²) < 4.78 is 0. The van der Waals surface area contributed by atoms with Gasteiger partial charge in [0.15, 0.2) is 5.82 Å². The number of aliphatic imine (C=N–C) groups is 1. The Morgan fingerprint density at radius 2 is 2.11 bits per heavy atom. The number of benzene rings is 1. The maximum Gasteiger partial charge on any atom is 0.214 e. The third-order valence-electron chi connectivity index (χ3n) is 2.88. The molecule has 2 aliphatic rings. The number of Topliss-reactive ketones (excluding diaryl/α,β-unsaturated/α-hetero) is 1. The smallest absolute Gasteiger partial charge is 0.214 e. The SMILES string of the molecule is C=C1N=C2C(=O)c3cc(SC)ccc3C2=NN1N. The van der Waals surface area contributed by atoms with Gasteiger partial charge in [-0.15, -0.1) is 11.8 Å². The van der Waals surface area contributed by atoms with E-state index in [9.17, 15) is 4.79 Å². The summed E-state index contributed by atoms with van der Waals surface area (Å²) in [6.45, 7) is 3.64. The lowest BCUT2D eigenvalue weighted by Gasteiger charge is -2.17. The molecule has 1 heterocycles. The van der Waals surface area contributed by atoms with Crippen molar-refractivity contribution in [3.63, 3.8) is 0 Å². The van der Waals surface area contributed by atoms with Crippen LogP contribution in [0.2, 0.25) is 0 Å². The lowest BCUT2D eigenvalue weighted by Crippen LogP contribution is -2.32. The molecule has 0 spiro atoms. The molecule has 90 valence electrons. The number of hydrazine groups is 1. The number of rotatable bonds is 1. The van der Waals surface area contributed by atoms with Crippen LogP contribution in [0.5, 0.6) is 0 Å². The Kier molecular flexibility index (Phi) is 2.36. The highest BCUT2D eigenvalue weighted by Crippen LogP contribution is 2.28. The molecule has 0 radical (unpaired) electrons. The Morgan fingerprint density at radius 3 is 2.83 bits per heavy atom. The second-order valence-corrected chi connectivity index (χ2v) is 4.79. The summed E-state index contributed by atoms with van der Waals surface area (Å²) in [4.78, 5) is 17.4. The molecule has 5 nitrogen and oxygen atoms in total. The first-order valence-corrected chi connectivity index (χ1v) is 6.49. The average Bonchev–Trinajstić information content (AvgIpc) is 2.64. The molecular formula is C12H10N4OS. The van der Waals surface area contributed by atoms with Gasteiger partial charge in [0.05, 0.1) is 0 Å². The maximum atomic E-state index is 12.2. The van der Waals surface area contributed by atoms with Crippen LogP contribution in [0.15, 0.2) is 45.6 Å². The van der Waals surface area contributed by atoms with Crippen molar-refractivity contribution < 1.29 is 4.79 Å². The Hall–Kier alpha value is -1.92. The minimum atomic E-state index is -0.117. The van der Waals surface area contributed by atoms with E-state index < -0.39 is 0 Å². The Balaban J connectivity index is 2.22. The second kappa shape index (κ2) is 3.79. The van der Waals surface area contributed by atoms with E-state index in [0.717, 1.165) is 15.6 Å². The lowest BCUT2D eigenvalue weighted by atomic mass is 10.1. The molecule has 1 aromatic carbocycles. The van der Waals surface area contributed by atoms with Crippen LogP contribution in [0.3, 0.4) is 0 Å². The van der Waals surface area contributed by atoms with Crippen LogP contribution in [-0.2, 0) is 0 Å². The first kappa shape index (κ1) is 11.2. The third kappa shape index (κ3) is 1.43. The van der Waals surface area contributed by atoms with Crippen LogP contribution in [0.1, 0.15) is 15.9 Å². The van der Waals surface area contributed by atoms with Gasteiger partial charge in [-0.2, -0.15) is 10.2 Å². The number of carbonyl (C=O) groups is 1. The zero-order valence-corrected chi connectivity index (χ0v) is 10.5. The zero-order chi connectivity index (χ0) is 12.9. The van der Waals surface area contributed by atoms with Crippen LogP contribution in [0, 0.1) is 0 Å². The second-order valence-electron chi connectivity index (χ2n) is 3.91. The van der Waals surface area contributed by atoms with Crippen molar-refractivity contribution in [3.8, 4) is 0 Å². The van der Waals surface area contributed by atoms with Crippen molar-refractivity contribution in [2.45, 2.75) is 4.90 Å². The fourth-order valence-electron chi connectivity index (χ4n) is 1.96. The molecule has 0 atom stereocenters. The average molecular weight is 258 g/mol. The van der Waals surface area contributed by atoms with Gasteiger partial charge in [0.2, 0.25) is 5.78 Å². The molecule has 0 aromatic heterocycles. The lowest BCUT2D eigenvalue weighted by molar-refractivity contribution is 0.106. The maximum absolute atomic E-state index is 12.2. The van der Waals surface area contributed by atoms with Gasteiger partial charge in [0.25, 0.3) is 0 Å². The summed E-state index contributed by atoms with van der Waals surface area (Å²) in [7, 11) is 0. The minimum absolute atomic E-state index is 0.117. The van der Waals surface area contributed by atoms with E-state index in [-0.39, 0.29) is 11.6 Å². The molecule has 1 aromatic rings. The molecule has 0 saturated carbocycles. The first-order valence-electron chi connectivity index (χ1n) is 5.26. The van der Waals surface area contributed by atoms with Gasteiger partial charge in [0, 0.05) is 16.0 Å². The van der Waals surface area contributed by atoms with E-state index in [1.54, 1.807) is 11.8 Å². The molecule has 1 aliphatic carbocycles. The van der Waals surface area contributed by atoms with E-state index in [1.807, 2.05) is 24.5 Å². The van der Waals surface area contributed by atoms with Gasteiger partial charge in [-0.05, 0) is 18.4 Å². The van der Waals surface area contributed by atoms with Crippen molar-refractivity contribution in [1.82, 2.24) is 5.12 Å². The van der Waals surface area contributed by atoms with Gasteiger partial charge >= 0.3 is 0 Å². The van der Waals surface area contributed by atoms with Crippen LogP contribution < -0.4 is 5.84 Å². The Bertz CT molecular complexity index is 647. The van der Waals surface area contributed by atoms with Crippen molar-refractivity contribution in [1.29, 1.82) is 0 Å². The summed E-state index contributed by atoms with van der Waals surface area (Å²) in [6, 6.07) is 5.68. The van der Waals surface area contributed by atoms with E-state index in [1.165, 1.54) is 0 Å². The van der Waals surface area contributed by atoms with Crippen molar-refractivity contribution in [2.75, 3.05) is 6.26 Å². The molecular weight excluding hydrogens is 248 g/mol. The molecule has 3 rings (SSSR count). The molecule has 0 fully saturated rings. The number of nitrogens with zero attached hydrogens (tertiary/aromatic N) is 3. The quantitative estimate of drug-likeness (QED) is 0.610. The topological polar surface area (TPSA) is 71.0 Å². The summed E-state index contributed by atoms with van der Waals surface area (Å²) in [6.07, 6.45) is 1.96. The van der Waals surface area contributed by atoms with Gasteiger partial charge in [-0.3, -0.25) is 4.79 Å². The molecule has 0 unspecified atom stereocenters. The number of ketones is 1. The monoisotopic (exact) mass is 258 g/mol. The fourth-order valence-corrected chi connectivity index (χ4v) is 2.40. The number of thioether (sulfide) groups is 1. The number of hydrogen-bond acceptors (Lipinski definition) is 6. The van der Waals surface area contributed by atoms with E-state index in [2.05, 4.69) is 16.7 Å². The van der Waals surface area contributed by atoms with Gasteiger partial charge in [0.1, 0.15) is 11.4 Å². The van der Waals surface area contributed by atoms with Crippen LogP contribution in [-0.4, -0.2) is 28.6 Å². The normalized spacial score (nSPS) is 17.3. The third-order valence-corrected chi connectivity index (χ3v) is 3.60. The molecule has 6 heteroatoms. The van der Waals surface area contributed by atoms with E-state index in [0.29, 0.717) is 17.0 Å². The Morgan fingerprint density at radius 1 is 1.33 bits per heavy atom.